The molecule has 506 valence electrons. The molecule has 6 aromatic carbocycles. The molecular weight excluding hydrogens is 1230 g/mol. The van der Waals surface area contributed by atoms with Crippen LogP contribution in [0.15, 0.2) is 146 Å². The summed E-state index contributed by atoms with van der Waals surface area (Å²) in [6.07, 6.45) is -0.840. The van der Waals surface area contributed by atoms with Crippen LogP contribution in [0, 0.1) is 5.82 Å². The van der Waals surface area contributed by atoms with Gasteiger partial charge in [-0.15, -0.1) is 0 Å². The Balaban J connectivity index is 0.604. The van der Waals surface area contributed by atoms with E-state index in [4.69, 9.17) is 14.2 Å². The number of benzene rings is 6. The number of ether oxygens (including phenoxy) is 3. The molecule has 6 aromatic rings. The van der Waals surface area contributed by atoms with Crippen molar-refractivity contribution < 1.29 is 68.9 Å². The normalized spacial score (nSPS) is 18.4. The molecule has 2 atom stereocenters. The summed E-state index contributed by atoms with van der Waals surface area (Å²) in [5, 5.41) is 0. The Bertz CT molecular complexity index is 3560. The van der Waals surface area contributed by atoms with Gasteiger partial charge in [-0.25, -0.2) is 4.39 Å². The van der Waals surface area contributed by atoms with Crippen LogP contribution in [0.5, 0.6) is 0 Å². The van der Waals surface area contributed by atoms with Gasteiger partial charge in [0.05, 0.1) is 30.2 Å². The van der Waals surface area contributed by atoms with E-state index >= 15 is 0 Å². The predicted molar refractivity (Wildman–Crippen MR) is 347 cm³/mol. The lowest BCUT2D eigenvalue weighted by atomic mass is 9.72. The number of likely N-dealkylation sites (tertiary alicyclic amines) is 2. The lowest BCUT2D eigenvalue weighted by molar-refractivity contribution is -0.150. The van der Waals surface area contributed by atoms with E-state index in [0.717, 1.165) is 103 Å². The largest absolute Gasteiger partial charge is 0.462 e. The maximum Gasteiger partial charge on any atom is 0.416 e. The molecule has 0 bridgehead atoms. The topological polar surface area (TPSA) is 129 Å². The maximum atomic E-state index is 14.2. The number of likely N-dealkylation sites (N-methyl/N-ethyl adjacent to an activating group) is 2. The molecule has 0 aromatic heterocycles. The molecule has 0 radical (unpaired) electrons. The minimum Gasteiger partial charge on any atom is -0.462 e. The summed E-state index contributed by atoms with van der Waals surface area (Å²) >= 11 is 0. The van der Waals surface area contributed by atoms with Gasteiger partial charge in [-0.3, -0.25) is 24.0 Å². The van der Waals surface area contributed by atoms with Crippen molar-refractivity contribution in [3.8, 4) is 11.1 Å². The molecule has 3 aliphatic heterocycles. The van der Waals surface area contributed by atoms with Crippen molar-refractivity contribution in [2.75, 3.05) is 86.3 Å². The highest BCUT2D eigenvalue weighted by Gasteiger charge is 2.50. The van der Waals surface area contributed by atoms with Crippen LogP contribution in [0.2, 0.25) is 0 Å². The van der Waals surface area contributed by atoms with E-state index in [1.807, 2.05) is 103 Å². The Labute approximate surface area is 551 Å². The van der Waals surface area contributed by atoms with Crippen molar-refractivity contribution in [3.05, 3.63) is 201 Å². The fourth-order valence-electron chi connectivity index (χ4n) is 14.0. The molecule has 1 spiro atoms. The number of hydrogen-bond donors (Lipinski definition) is 0. The number of halogens is 7. The number of carbonyl (C=O) groups excluding carboxylic acids is 5. The third-order valence-electron chi connectivity index (χ3n) is 19.7. The first-order valence-electron chi connectivity index (χ1n) is 33.1. The number of ketones is 1. The second-order valence-electron chi connectivity index (χ2n) is 26.0. The molecule has 4 aliphatic rings. The van der Waals surface area contributed by atoms with Crippen LogP contribution < -0.4 is 0 Å². The third kappa shape index (κ3) is 18.0. The molecule has 95 heavy (non-hydrogen) atoms. The Morgan fingerprint density at radius 2 is 1.28 bits per heavy atom. The SMILES string of the molecule is CN(CCN1CCC(OC(=O)Cc2ccccc2-c2ccccc2)CC1)C(=O)CCCCCCc1ccc(C(=O)CCCN(C)C(=O)CO[C@H]2Cc3ccccc3C23CCN(CC[C@@]2(c4ccc(F)cc4)CN(C(=O)c4cc(C(F)(F)F)cc(C(F)(F)F)c4)CO2)CC3)cc1. The maximum absolute atomic E-state index is 14.2. The third-order valence-corrected chi connectivity index (χ3v) is 19.7. The van der Waals surface area contributed by atoms with E-state index in [1.165, 1.54) is 24.3 Å². The number of carbonyl (C=O) groups is 5. The average Bonchev–Trinajstić information content (AvgIpc) is 1.61. The van der Waals surface area contributed by atoms with Crippen LogP contribution in [0.1, 0.15) is 137 Å². The number of amides is 3. The van der Waals surface area contributed by atoms with Crippen molar-refractivity contribution >= 4 is 29.5 Å². The van der Waals surface area contributed by atoms with E-state index < -0.39 is 58.5 Å². The number of nitrogens with zero attached hydrogens (tertiary/aromatic N) is 5. The first kappa shape index (κ1) is 70.0. The zero-order valence-corrected chi connectivity index (χ0v) is 54.0. The molecule has 0 saturated carbocycles. The number of esters is 1. The van der Waals surface area contributed by atoms with Gasteiger partial charge < -0.3 is 38.7 Å². The number of Topliss-reactive ketones (excluding diaryl/α,β-unsaturated/α-hetero) is 1. The zero-order chi connectivity index (χ0) is 67.3. The van der Waals surface area contributed by atoms with Crippen LogP contribution in [0.25, 0.3) is 11.1 Å². The molecule has 3 saturated heterocycles. The molecular formula is C75H84F7N5O8. The summed E-state index contributed by atoms with van der Waals surface area (Å²) in [5.41, 5.74) is 1.97. The summed E-state index contributed by atoms with van der Waals surface area (Å²) in [7, 11) is 3.58. The molecule has 3 amide bonds. The molecule has 3 fully saturated rings. The number of aryl methyl sites for hydroxylation is 1. The van der Waals surface area contributed by atoms with Crippen molar-refractivity contribution in [1.82, 2.24) is 24.5 Å². The summed E-state index contributed by atoms with van der Waals surface area (Å²) in [5.74, 6) is -1.87. The van der Waals surface area contributed by atoms with Gasteiger partial charge in [0.25, 0.3) is 5.91 Å². The van der Waals surface area contributed by atoms with Crippen molar-refractivity contribution in [3.63, 3.8) is 0 Å². The molecule has 13 nitrogen and oxygen atoms in total. The van der Waals surface area contributed by atoms with E-state index in [0.29, 0.717) is 88.1 Å². The number of rotatable bonds is 27. The van der Waals surface area contributed by atoms with Crippen molar-refractivity contribution in [2.45, 2.75) is 132 Å². The lowest BCUT2D eigenvalue weighted by Gasteiger charge is -2.44. The zero-order valence-electron chi connectivity index (χ0n) is 54.0. The number of fused-ring (bicyclic) bond motifs is 2. The molecule has 20 heteroatoms. The quantitative estimate of drug-likeness (QED) is 0.0213. The lowest BCUT2D eigenvalue weighted by Crippen LogP contribution is -2.50. The van der Waals surface area contributed by atoms with Crippen LogP contribution >= 0.6 is 0 Å². The Morgan fingerprint density at radius 1 is 0.642 bits per heavy atom. The van der Waals surface area contributed by atoms with Crippen LogP contribution in [0.3, 0.4) is 0 Å². The number of unbranched alkanes of at least 4 members (excludes halogenated alkanes) is 3. The van der Waals surface area contributed by atoms with Gasteiger partial charge in [0.2, 0.25) is 11.8 Å². The number of piperidine rings is 2. The summed E-state index contributed by atoms with van der Waals surface area (Å²) in [4.78, 5) is 75.7. The first-order chi connectivity index (χ1) is 45.6. The molecule has 0 unspecified atom stereocenters. The van der Waals surface area contributed by atoms with Gasteiger partial charge in [0.15, 0.2) is 5.78 Å². The van der Waals surface area contributed by atoms with E-state index in [1.54, 1.807) is 11.9 Å². The van der Waals surface area contributed by atoms with Gasteiger partial charge in [-0.1, -0.05) is 128 Å². The molecule has 1 aliphatic carbocycles. The van der Waals surface area contributed by atoms with Crippen molar-refractivity contribution in [2.24, 2.45) is 0 Å². The van der Waals surface area contributed by atoms with E-state index in [9.17, 15) is 54.7 Å². The second-order valence-corrected chi connectivity index (χ2v) is 26.0. The molecule has 0 N–H and O–H groups in total. The van der Waals surface area contributed by atoms with Gasteiger partial charge in [-0.2, -0.15) is 26.3 Å². The van der Waals surface area contributed by atoms with Crippen LogP contribution in [-0.2, 0) is 71.2 Å². The molecule has 3 heterocycles. The second kappa shape index (κ2) is 31.4. The number of hydrogen-bond acceptors (Lipinski definition) is 10. The van der Waals surface area contributed by atoms with Crippen LogP contribution in [0.4, 0.5) is 30.7 Å². The standard InChI is InChI=1S/C75H84F7N5O8/c1-83(37-14-22-66(88)55-26-24-53(25-27-55)15-6-3-4-9-23-68(89)84(2)43-44-85-38-32-63(33-39-85)95-70(91)48-56-18-10-12-20-64(56)54-16-7-5-8-17-54)69(90)50-93-67-47-57-19-11-13-21-65(57)72(67)34-40-86(41-35-72)42-36-73(59-28-30-62(76)31-29-59)51-87(52-94-73)71(92)58-45-60(74(77,78)79)49-61(46-58)75(80,81)82/h5,7-8,10-13,16-21,24-31,45-46,49,63,67H,3-4,6,9,14-15,22-23,32-44,47-48,50-52H2,1-2H3/t67-,73-/m0/s1. The van der Waals surface area contributed by atoms with Crippen LogP contribution in [-0.4, -0.2) is 153 Å². The monoisotopic (exact) mass is 1320 g/mol. The fraction of sp³-hybridized carbons (Fsp3) is 0.453. The minimum atomic E-state index is -5.15. The summed E-state index contributed by atoms with van der Waals surface area (Å²) in [6, 6.07) is 40.1. The Hall–Kier alpha value is -7.78. The van der Waals surface area contributed by atoms with Crippen molar-refractivity contribution in [1.29, 1.82) is 0 Å². The Morgan fingerprint density at radius 3 is 1.99 bits per heavy atom. The van der Waals surface area contributed by atoms with Gasteiger partial charge in [0.1, 0.15) is 30.9 Å². The average molecular weight is 1320 g/mol. The fourth-order valence-corrected chi connectivity index (χ4v) is 14.0. The summed E-state index contributed by atoms with van der Waals surface area (Å²) < 4.78 is 116. The highest BCUT2D eigenvalue weighted by atomic mass is 19.4. The first-order valence-corrected chi connectivity index (χ1v) is 33.1. The summed E-state index contributed by atoms with van der Waals surface area (Å²) in [6.45, 7) is 4.29. The Kier molecular flexibility index (Phi) is 23.1. The number of alkyl halides is 6. The predicted octanol–water partition coefficient (Wildman–Crippen LogP) is 13.5. The molecule has 10 rings (SSSR count). The highest BCUT2D eigenvalue weighted by Crippen LogP contribution is 2.48. The smallest absolute Gasteiger partial charge is 0.416 e. The van der Waals surface area contributed by atoms with E-state index in [2.05, 4.69) is 21.9 Å². The highest BCUT2D eigenvalue weighted by molar-refractivity contribution is 5.96. The van der Waals surface area contributed by atoms with Gasteiger partial charge in [-0.05, 0) is 147 Å². The van der Waals surface area contributed by atoms with E-state index in [-0.39, 0.29) is 74.3 Å². The van der Waals surface area contributed by atoms with Gasteiger partial charge >= 0.3 is 18.3 Å². The minimum absolute atomic E-state index is 0.00104. The van der Waals surface area contributed by atoms with Gasteiger partial charge in [0, 0.05) is 82.7 Å².